The van der Waals surface area contributed by atoms with Crippen molar-refractivity contribution in [3.8, 4) is 0 Å². The number of methoxy groups -OCH3 is 2. The Morgan fingerprint density at radius 1 is 1.11 bits per heavy atom. The first-order valence-corrected chi connectivity index (χ1v) is 6.13. The number of rotatable bonds is 3. The summed E-state index contributed by atoms with van der Waals surface area (Å²) in [6.45, 7) is 3.93. The van der Waals surface area contributed by atoms with E-state index < -0.39 is 23.8 Å². The number of Topliss-reactive ketones (excluding diaryl/α,β-unsaturated/α-hetero) is 1. The van der Waals surface area contributed by atoms with Crippen molar-refractivity contribution in [1.82, 2.24) is 0 Å². The fourth-order valence-electron chi connectivity index (χ4n) is 2.61. The number of hydrogen-bond acceptors (Lipinski definition) is 5. The summed E-state index contributed by atoms with van der Waals surface area (Å²) in [5, 5.41) is 0. The van der Waals surface area contributed by atoms with Gasteiger partial charge in [0.2, 0.25) is 0 Å². The van der Waals surface area contributed by atoms with Crippen molar-refractivity contribution in [2.75, 3.05) is 14.2 Å². The zero-order valence-electron chi connectivity index (χ0n) is 11.3. The fraction of sp³-hybridized carbons (Fsp3) is 0.769. The van der Waals surface area contributed by atoms with E-state index in [1.165, 1.54) is 14.2 Å². The molecule has 1 aliphatic carbocycles. The molecule has 3 atom stereocenters. The molecule has 0 bridgehead atoms. The van der Waals surface area contributed by atoms with Gasteiger partial charge in [0.1, 0.15) is 11.8 Å². The molecule has 0 amide bonds. The predicted molar refractivity (Wildman–Crippen MR) is 63.6 cm³/mol. The highest BCUT2D eigenvalue weighted by atomic mass is 16.5. The Bertz CT molecular complexity index is 347. The molecule has 0 unspecified atom stereocenters. The van der Waals surface area contributed by atoms with E-state index in [4.69, 9.17) is 4.74 Å². The van der Waals surface area contributed by atoms with Crippen LogP contribution in [0, 0.1) is 23.7 Å². The van der Waals surface area contributed by atoms with Crippen LogP contribution < -0.4 is 0 Å². The molecule has 0 spiro atoms. The molecule has 1 saturated carbocycles. The monoisotopic (exact) mass is 256 g/mol. The van der Waals surface area contributed by atoms with Gasteiger partial charge in [0, 0.05) is 0 Å². The van der Waals surface area contributed by atoms with Gasteiger partial charge >= 0.3 is 11.9 Å². The highest BCUT2D eigenvalue weighted by Crippen LogP contribution is 2.36. The molecule has 0 aliphatic heterocycles. The zero-order valence-corrected chi connectivity index (χ0v) is 11.3. The summed E-state index contributed by atoms with van der Waals surface area (Å²) < 4.78 is 9.30. The topological polar surface area (TPSA) is 69.7 Å². The van der Waals surface area contributed by atoms with E-state index in [-0.39, 0.29) is 17.6 Å². The first-order valence-electron chi connectivity index (χ1n) is 6.13. The molecule has 1 fully saturated rings. The average Bonchev–Trinajstić information content (AvgIpc) is 2.36. The summed E-state index contributed by atoms with van der Waals surface area (Å²) in [6, 6.07) is 0. The number of carbonyl (C=O) groups excluding carboxylic acids is 3. The maximum atomic E-state index is 12.2. The van der Waals surface area contributed by atoms with Gasteiger partial charge in [0.25, 0.3) is 0 Å². The van der Waals surface area contributed by atoms with Crippen LogP contribution in [0.4, 0.5) is 0 Å². The van der Waals surface area contributed by atoms with Gasteiger partial charge in [-0.1, -0.05) is 13.8 Å². The van der Waals surface area contributed by atoms with Crippen LogP contribution in [0.3, 0.4) is 0 Å². The van der Waals surface area contributed by atoms with Gasteiger partial charge in [0.05, 0.1) is 14.2 Å². The highest BCUT2D eigenvalue weighted by Gasteiger charge is 2.47. The molecule has 18 heavy (non-hydrogen) atoms. The summed E-state index contributed by atoms with van der Waals surface area (Å²) in [5.41, 5.74) is 0. The Hall–Kier alpha value is -1.39. The van der Waals surface area contributed by atoms with Crippen LogP contribution in [-0.4, -0.2) is 31.9 Å². The molecular formula is C13H20O5. The van der Waals surface area contributed by atoms with Crippen LogP contribution in [0.15, 0.2) is 0 Å². The first-order chi connectivity index (χ1) is 8.43. The lowest BCUT2D eigenvalue weighted by molar-refractivity contribution is -0.161. The Morgan fingerprint density at radius 3 is 2.11 bits per heavy atom. The van der Waals surface area contributed by atoms with Crippen LogP contribution >= 0.6 is 0 Å². The minimum absolute atomic E-state index is 0.0640. The van der Waals surface area contributed by atoms with E-state index in [1.807, 2.05) is 13.8 Å². The number of esters is 2. The van der Waals surface area contributed by atoms with E-state index >= 15 is 0 Å². The largest absolute Gasteiger partial charge is 0.468 e. The van der Waals surface area contributed by atoms with Crippen molar-refractivity contribution < 1.29 is 23.9 Å². The van der Waals surface area contributed by atoms with E-state index in [0.29, 0.717) is 12.8 Å². The Balaban J connectivity index is 2.98. The lowest BCUT2D eigenvalue weighted by Crippen LogP contribution is -2.45. The minimum atomic E-state index is -0.840. The highest BCUT2D eigenvalue weighted by molar-refractivity contribution is 6.09. The maximum absolute atomic E-state index is 12.2. The summed E-state index contributed by atoms with van der Waals surface area (Å²) in [7, 11) is 2.51. The van der Waals surface area contributed by atoms with Gasteiger partial charge < -0.3 is 9.47 Å². The normalized spacial score (nSPS) is 28.1. The molecule has 1 rings (SSSR count). The molecule has 1 aliphatic rings. The zero-order chi connectivity index (χ0) is 13.9. The predicted octanol–water partition coefficient (Wildman–Crippen LogP) is 1.20. The molecule has 0 aromatic carbocycles. The van der Waals surface area contributed by atoms with Crippen LogP contribution in [0.2, 0.25) is 0 Å². The third-order valence-electron chi connectivity index (χ3n) is 3.66. The maximum Gasteiger partial charge on any atom is 0.316 e. The molecule has 5 nitrogen and oxygen atoms in total. The second kappa shape index (κ2) is 5.98. The number of ketones is 1. The van der Waals surface area contributed by atoms with E-state index in [0.717, 1.165) is 0 Å². The molecule has 0 heterocycles. The van der Waals surface area contributed by atoms with Crippen LogP contribution in [0.5, 0.6) is 0 Å². The van der Waals surface area contributed by atoms with Crippen molar-refractivity contribution in [1.29, 1.82) is 0 Å². The van der Waals surface area contributed by atoms with Gasteiger partial charge in [-0.25, -0.2) is 0 Å². The minimum Gasteiger partial charge on any atom is -0.468 e. The van der Waals surface area contributed by atoms with Gasteiger partial charge in [-0.3, -0.25) is 14.4 Å². The second-order valence-corrected chi connectivity index (χ2v) is 4.96. The third-order valence-corrected chi connectivity index (χ3v) is 3.66. The molecular weight excluding hydrogens is 236 g/mol. The fourth-order valence-corrected chi connectivity index (χ4v) is 2.61. The van der Waals surface area contributed by atoms with Gasteiger partial charge in [-0.05, 0) is 24.7 Å². The third kappa shape index (κ3) is 2.71. The lowest BCUT2D eigenvalue weighted by Gasteiger charge is -2.34. The average molecular weight is 256 g/mol. The van der Waals surface area contributed by atoms with Crippen LogP contribution in [0.1, 0.15) is 26.7 Å². The van der Waals surface area contributed by atoms with Crippen molar-refractivity contribution in [2.24, 2.45) is 23.7 Å². The standard InChI is InChI=1S/C13H20O5/c1-7(2)8-5-6-9(12(15)17-3)11(14)10(8)13(16)18-4/h7-10H,5-6H2,1-4H3/t8-,9+,10-/m1/s1. The second-order valence-electron chi connectivity index (χ2n) is 4.96. The Labute approximate surface area is 107 Å². The van der Waals surface area contributed by atoms with Gasteiger partial charge in [-0.15, -0.1) is 0 Å². The Kier molecular flexibility index (Phi) is 4.87. The summed E-state index contributed by atoms with van der Waals surface area (Å²) in [5.74, 6) is -3.01. The van der Waals surface area contributed by atoms with E-state index in [2.05, 4.69) is 4.74 Å². The smallest absolute Gasteiger partial charge is 0.316 e. The number of carbonyl (C=O) groups is 3. The molecule has 0 N–H and O–H groups in total. The number of ether oxygens (including phenoxy) is 2. The molecule has 0 aromatic rings. The molecule has 5 heteroatoms. The lowest BCUT2D eigenvalue weighted by atomic mass is 9.69. The first kappa shape index (κ1) is 14.7. The van der Waals surface area contributed by atoms with Gasteiger partial charge in [0.15, 0.2) is 5.78 Å². The van der Waals surface area contributed by atoms with Crippen LogP contribution in [0.25, 0.3) is 0 Å². The van der Waals surface area contributed by atoms with Crippen molar-refractivity contribution in [3.63, 3.8) is 0 Å². The summed E-state index contributed by atoms with van der Waals surface area (Å²) >= 11 is 0. The quantitative estimate of drug-likeness (QED) is 0.560. The SMILES string of the molecule is COC(=O)[C@H]1CC[C@H](C(C)C)[C@@H](C(=O)OC)C1=O. The molecule has 102 valence electrons. The number of hydrogen-bond donors (Lipinski definition) is 0. The summed E-state index contributed by atoms with van der Waals surface area (Å²) in [4.78, 5) is 35.5. The van der Waals surface area contributed by atoms with E-state index in [9.17, 15) is 14.4 Å². The molecule has 0 radical (unpaired) electrons. The van der Waals surface area contributed by atoms with Crippen molar-refractivity contribution in [2.45, 2.75) is 26.7 Å². The van der Waals surface area contributed by atoms with E-state index in [1.54, 1.807) is 0 Å². The van der Waals surface area contributed by atoms with Gasteiger partial charge in [-0.2, -0.15) is 0 Å². The van der Waals surface area contributed by atoms with Crippen molar-refractivity contribution in [3.05, 3.63) is 0 Å². The molecule has 0 saturated heterocycles. The van der Waals surface area contributed by atoms with Crippen LogP contribution in [-0.2, 0) is 23.9 Å². The Morgan fingerprint density at radius 2 is 1.67 bits per heavy atom. The summed E-state index contributed by atoms with van der Waals surface area (Å²) in [6.07, 6.45) is 1.10. The molecule has 0 aromatic heterocycles. The van der Waals surface area contributed by atoms with Crippen molar-refractivity contribution >= 4 is 17.7 Å².